The predicted octanol–water partition coefficient (Wildman–Crippen LogP) is 3.55. The van der Waals surface area contributed by atoms with Crippen LogP contribution in [-0.2, 0) is 6.54 Å². The summed E-state index contributed by atoms with van der Waals surface area (Å²) in [7, 11) is 4.06. The fraction of sp³-hybridized carbons (Fsp3) is 0.353. The van der Waals surface area contributed by atoms with Crippen molar-refractivity contribution in [3.05, 3.63) is 48.3 Å². The minimum absolute atomic E-state index is 0.746. The maximum absolute atomic E-state index is 5.66. The van der Waals surface area contributed by atoms with E-state index in [1.165, 1.54) is 5.56 Å². The van der Waals surface area contributed by atoms with Crippen LogP contribution in [0.1, 0.15) is 18.9 Å². The summed E-state index contributed by atoms with van der Waals surface area (Å²) in [5.41, 5.74) is 3.35. The van der Waals surface area contributed by atoms with Crippen molar-refractivity contribution in [1.29, 1.82) is 0 Å². The quantitative estimate of drug-likeness (QED) is 0.844. The van der Waals surface area contributed by atoms with Crippen molar-refractivity contribution in [2.45, 2.75) is 19.9 Å². The Hall–Kier alpha value is -2.23. The van der Waals surface area contributed by atoms with Crippen LogP contribution < -0.4 is 15.0 Å². The van der Waals surface area contributed by atoms with Crippen molar-refractivity contribution in [3.8, 4) is 5.75 Å². The molecule has 0 unspecified atom stereocenters. The molecule has 0 amide bonds. The van der Waals surface area contributed by atoms with Gasteiger partial charge in [-0.15, -0.1) is 0 Å². The number of hydrogen-bond donors (Lipinski definition) is 1. The van der Waals surface area contributed by atoms with E-state index >= 15 is 0 Å². The Morgan fingerprint density at radius 2 is 2.10 bits per heavy atom. The molecule has 1 aromatic heterocycles. The number of rotatable bonds is 7. The van der Waals surface area contributed by atoms with E-state index in [9.17, 15) is 0 Å². The van der Waals surface area contributed by atoms with Gasteiger partial charge in [0.25, 0.3) is 0 Å². The molecule has 4 heteroatoms. The summed E-state index contributed by atoms with van der Waals surface area (Å²) >= 11 is 0. The summed E-state index contributed by atoms with van der Waals surface area (Å²) in [5, 5.41) is 3.43. The van der Waals surface area contributed by atoms with Crippen LogP contribution >= 0.6 is 0 Å². The van der Waals surface area contributed by atoms with Gasteiger partial charge in [-0.05, 0) is 30.2 Å². The van der Waals surface area contributed by atoms with Crippen LogP contribution in [-0.4, -0.2) is 25.7 Å². The molecule has 112 valence electrons. The molecule has 1 N–H and O–H groups in total. The highest BCUT2D eigenvalue weighted by atomic mass is 16.5. The molecule has 1 heterocycles. The maximum atomic E-state index is 5.66. The van der Waals surface area contributed by atoms with Gasteiger partial charge in [0.1, 0.15) is 5.75 Å². The zero-order chi connectivity index (χ0) is 15.1. The van der Waals surface area contributed by atoms with E-state index in [1.54, 1.807) is 6.20 Å². The first-order chi connectivity index (χ1) is 10.2. The van der Waals surface area contributed by atoms with Crippen LogP contribution in [0.25, 0.3) is 0 Å². The second-order valence-corrected chi connectivity index (χ2v) is 5.14. The van der Waals surface area contributed by atoms with Gasteiger partial charge in [0.15, 0.2) is 0 Å². The van der Waals surface area contributed by atoms with Crippen LogP contribution in [0.3, 0.4) is 0 Å². The monoisotopic (exact) mass is 285 g/mol. The summed E-state index contributed by atoms with van der Waals surface area (Å²) in [6.07, 6.45) is 4.68. The van der Waals surface area contributed by atoms with E-state index in [4.69, 9.17) is 4.74 Å². The van der Waals surface area contributed by atoms with Crippen LogP contribution in [0.2, 0.25) is 0 Å². The molecule has 0 aliphatic heterocycles. The van der Waals surface area contributed by atoms with Crippen LogP contribution in [0.15, 0.2) is 42.7 Å². The smallest absolute Gasteiger partial charge is 0.119 e. The van der Waals surface area contributed by atoms with Gasteiger partial charge in [-0.3, -0.25) is 4.98 Å². The van der Waals surface area contributed by atoms with Gasteiger partial charge in [0.2, 0.25) is 0 Å². The van der Waals surface area contributed by atoms with Gasteiger partial charge in [-0.2, -0.15) is 0 Å². The zero-order valence-electron chi connectivity index (χ0n) is 13.0. The molecule has 4 nitrogen and oxygen atoms in total. The molecule has 0 saturated heterocycles. The Morgan fingerprint density at radius 3 is 2.86 bits per heavy atom. The molecule has 0 spiro atoms. The minimum atomic E-state index is 0.746. The van der Waals surface area contributed by atoms with E-state index in [2.05, 4.69) is 34.3 Å². The molecule has 0 radical (unpaired) electrons. The van der Waals surface area contributed by atoms with Crippen molar-refractivity contribution < 1.29 is 4.74 Å². The number of aromatic nitrogens is 1. The SMILES string of the molecule is CCCOc1cccc(CNc2cnccc2N(C)C)c1. The molecule has 21 heavy (non-hydrogen) atoms. The largest absolute Gasteiger partial charge is 0.494 e. The van der Waals surface area contributed by atoms with Gasteiger partial charge >= 0.3 is 0 Å². The number of benzene rings is 1. The normalized spacial score (nSPS) is 10.2. The average molecular weight is 285 g/mol. The third-order valence-corrected chi connectivity index (χ3v) is 3.13. The summed E-state index contributed by atoms with van der Waals surface area (Å²) < 4.78 is 5.66. The number of nitrogens with zero attached hydrogens (tertiary/aromatic N) is 2. The Kier molecular flexibility index (Phi) is 5.43. The molecule has 0 aliphatic rings. The molecule has 2 aromatic rings. The summed E-state index contributed by atoms with van der Waals surface area (Å²) in [6.45, 7) is 3.61. The highest BCUT2D eigenvalue weighted by Crippen LogP contribution is 2.23. The lowest BCUT2D eigenvalue weighted by Crippen LogP contribution is -2.12. The molecule has 2 rings (SSSR count). The number of anilines is 2. The zero-order valence-corrected chi connectivity index (χ0v) is 13.0. The minimum Gasteiger partial charge on any atom is -0.494 e. The van der Waals surface area contributed by atoms with Gasteiger partial charge in [0.05, 0.1) is 24.2 Å². The van der Waals surface area contributed by atoms with E-state index in [0.29, 0.717) is 0 Å². The Bertz CT molecular complexity index is 569. The molecule has 0 aliphatic carbocycles. The lowest BCUT2D eigenvalue weighted by Gasteiger charge is -2.18. The second kappa shape index (κ2) is 7.53. The number of nitrogens with one attached hydrogen (secondary N) is 1. The first-order valence-corrected chi connectivity index (χ1v) is 7.27. The van der Waals surface area contributed by atoms with Crippen molar-refractivity contribution >= 4 is 11.4 Å². The van der Waals surface area contributed by atoms with Crippen LogP contribution in [0.4, 0.5) is 11.4 Å². The summed E-state index contributed by atoms with van der Waals surface area (Å²) in [6, 6.07) is 10.2. The van der Waals surface area contributed by atoms with Crippen molar-refractivity contribution in [2.24, 2.45) is 0 Å². The standard InChI is InChI=1S/C17H23N3O/c1-4-10-21-15-7-5-6-14(11-15)12-19-16-13-18-9-8-17(16)20(2)3/h5-9,11,13,19H,4,10,12H2,1-3H3. The average Bonchev–Trinajstić information content (AvgIpc) is 2.51. The van der Waals surface area contributed by atoms with Crippen molar-refractivity contribution in [1.82, 2.24) is 4.98 Å². The van der Waals surface area contributed by atoms with Gasteiger partial charge in [-0.1, -0.05) is 19.1 Å². The van der Waals surface area contributed by atoms with Gasteiger partial charge in [-0.25, -0.2) is 0 Å². The first-order valence-electron chi connectivity index (χ1n) is 7.27. The van der Waals surface area contributed by atoms with Gasteiger partial charge < -0.3 is 15.0 Å². The molecule has 0 fully saturated rings. The number of ether oxygens (including phenoxy) is 1. The Morgan fingerprint density at radius 1 is 1.24 bits per heavy atom. The van der Waals surface area contributed by atoms with Crippen LogP contribution in [0.5, 0.6) is 5.75 Å². The van der Waals surface area contributed by atoms with E-state index in [-0.39, 0.29) is 0 Å². The molecular weight excluding hydrogens is 262 g/mol. The summed E-state index contributed by atoms with van der Waals surface area (Å²) in [5.74, 6) is 0.926. The third kappa shape index (κ3) is 4.38. The fourth-order valence-corrected chi connectivity index (χ4v) is 2.08. The van der Waals surface area contributed by atoms with E-state index in [1.807, 2.05) is 38.5 Å². The Labute approximate surface area is 126 Å². The molecule has 0 bridgehead atoms. The highest BCUT2D eigenvalue weighted by molar-refractivity contribution is 5.68. The number of hydrogen-bond acceptors (Lipinski definition) is 4. The second-order valence-electron chi connectivity index (χ2n) is 5.14. The lowest BCUT2D eigenvalue weighted by atomic mass is 10.2. The highest BCUT2D eigenvalue weighted by Gasteiger charge is 2.04. The molecule has 1 aromatic carbocycles. The van der Waals surface area contributed by atoms with E-state index in [0.717, 1.165) is 36.7 Å². The van der Waals surface area contributed by atoms with Crippen LogP contribution in [0, 0.1) is 0 Å². The lowest BCUT2D eigenvalue weighted by molar-refractivity contribution is 0.317. The molecular formula is C17H23N3O. The first kappa shape index (κ1) is 15.2. The number of pyridine rings is 1. The third-order valence-electron chi connectivity index (χ3n) is 3.13. The maximum Gasteiger partial charge on any atom is 0.119 e. The topological polar surface area (TPSA) is 37.4 Å². The van der Waals surface area contributed by atoms with Crippen molar-refractivity contribution in [3.63, 3.8) is 0 Å². The molecule has 0 saturated carbocycles. The predicted molar refractivity (Wildman–Crippen MR) is 88.1 cm³/mol. The van der Waals surface area contributed by atoms with Gasteiger partial charge in [0, 0.05) is 26.8 Å². The Balaban J connectivity index is 2.03. The van der Waals surface area contributed by atoms with Crippen molar-refractivity contribution in [2.75, 3.05) is 30.9 Å². The summed E-state index contributed by atoms with van der Waals surface area (Å²) in [4.78, 5) is 6.26. The van der Waals surface area contributed by atoms with E-state index < -0.39 is 0 Å². The fourth-order valence-electron chi connectivity index (χ4n) is 2.08. The molecule has 0 atom stereocenters.